The summed E-state index contributed by atoms with van der Waals surface area (Å²) in [6, 6.07) is 15.3. The van der Waals surface area contributed by atoms with Crippen molar-refractivity contribution in [3.05, 3.63) is 66.2 Å². The molecule has 3 rings (SSSR count). The number of nitrogens with zero attached hydrogens (tertiary/aromatic N) is 1. The van der Waals surface area contributed by atoms with Crippen molar-refractivity contribution in [3.8, 4) is 22.8 Å². The molecule has 0 radical (unpaired) electrons. The highest BCUT2D eigenvalue weighted by Crippen LogP contribution is 2.26. The number of nitrogens with two attached hydrogens (primary N) is 1. The van der Waals surface area contributed by atoms with Gasteiger partial charge in [0.15, 0.2) is 5.89 Å². The van der Waals surface area contributed by atoms with E-state index in [9.17, 15) is 10.2 Å². The third-order valence-electron chi connectivity index (χ3n) is 4.47. The van der Waals surface area contributed by atoms with Gasteiger partial charge in [0.1, 0.15) is 23.5 Å². The van der Waals surface area contributed by atoms with Crippen LogP contribution < -0.4 is 10.5 Å². The Hall–Kier alpha value is -2.38. The van der Waals surface area contributed by atoms with Crippen molar-refractivity contribution in [1.29, 1.82) is 0 Å². The zero-order chi connectivity index (χ0) is 19.3. The van der Waals surface area contributed by atoms with E-state index in [1.54, 1.807) is 6.26 Å². The minimum atomic E-state index is -0.945. The Morgan fingerprint density at radius 1 is 1.00 bits per heavy atom. The van der Waals surface area contributed by atoms with E-state index < -0.39 is 5.54 Å². The Labute approximate surface area is 170 Å². The molecule has 0 unspecified atom stereocenters. The lowest BCUT2D eigenvalue weighted by Crippen LogP contribution is -2.47. The Morgan fingerprint density at radius 3 is 2.07 bits per heavy atom. The maximum absolute atomic E-state index is 9.25. The fourth-order valence-corrected chi connectivity index (χ4v) is 2.65. The van der Waals surface area contributed by atoms with Gasteiger partial charge in [0.25, 0.3) is 0 Å². The number of ether oxygens (including phenoxy) is 1. The molecule has 7 heteroatoms. The summed E-state index contributed by atoms with van der Waals surface area (Å²) >= 11 is 0. The van der Waals surface area contributed by atoms with Crippen molar-refractivity contribution < 1.29 is 19.4 Å². The van der Waals surface area contributed by atoms with E-state index in [2.05, 4.69) is 4.98 Å². The van der Waals surface area contributed by atoms with Crippen molar-refractivity contribution in [3.63, 3.8) is 0 Å². The molecule has 1 heterocycles. The van der Waals surface area contributed by atoms with Crippen LogP contribution in [0.5, 0.6) is 11.5 Å². The van der Waals surface area contributed by atoms with Gasteiger partial charge in [0, 0.05) is 12.5 Å². The molecular formula is C21H25ClN2O4. The van der Waals surface area contributed by atoms with Gasteiger partial charge < -0.3 is 25.1 Å². The van der Waals surface area contributed by atoms with Crippen LogP contribution in [0.3, 0.4) is 0 Å². The molecule has 0 spiro atoms. The van der Waals surface area contributed by atoms with Crippen molar-refractivity contribution in [2.24, 2.45) is 5.73 Å². The molecule has 6 nitrogen and oxygen atoms in total. The van der Waals surface area contributed by atoms with Gasteiger partial charge in [-0.15, -0.1) is 12.4 Å². The van der Waals surface area contributed by atoms with Gasteiger partial charge in [-0.1, -0.05) is 12.1 Å². The molecule has 0 fully saturated rings. The van der Waals surface area contributed by atoms with Crippen molar-refractivity contribution in [2.45, 2.75) is 25.3 Å². The number of aromatic nitrogens is 1. The van der Waals surface area contributed by atoms with E-state index in [-0.39, 0.29) is 25.6 Å². The van der Waals surface area contributed by atoms with Crippen LogP contribution in [0.4, 0.5) is 0 Å². The second-order valence-corrected chi connectivity index (χ2v) is 6.70. The summed E-state index contributed by atoms with van der Waals surface area (Å²) in [4.78, 5) is 4.30. The molecular weight excluding hydrogens is 380 g/mol. The lowest BCUT2D eigenvalue weighted by atomic mass is 9.94. The van der Waals surface area contributed by atoms with E-state index in [0.29, 0.717) is 18.7 Å². The minimum Gasteiger partial charge on any atom is -0.457 e. The van der Waals surface area contributed by atoms with Crippen LogP contribution in [0.1, 0.15) is 17.9 Å². The number of oxazole rings is 1. The molecule has 0 amide bonds. The molecule has 150 valence electrons. The third kappa shape index (κ3) is 5.56. The smallest absolute Gasteiger partial charge is 0.191 e. The largest absolute Gasteiger partial charge is 0.457 e. The van der Waals surface area contributed by atoms with Crippen LogP contribution in [0.25, 0.3) is 11.3 Å². The molecule has 0 bridgehead atoms. The Morgan fingerprint density at radius 2 is 1.57 bits per heavy atom. The average molecular weight is 405 g/mol. The van der Waals surface area contributed by atoms with E-state index in [1.807, 2.05) is 55.5 Å². The lowest BCUT2D eigenvalue weighted by molar-refractivity contribution is 0.115. The zero-order valence-corrected chi connectivity index (χ0v) is 16.5. The molecule has 28 heavy (non-hydrogen) atoms. The highest BCUT2D eigenvalue weighted by atomic mass is 35.5. The molecule has 4 N–H and O–H groups in total. The summed E-state index contributed by atoms with van der Waals surface area (Å²) in [5.74, 6) is 2.09. The van der Waals surface area contributed by atoms with Crippen molar-refractivity contribution >= 4 is 12.4 Å². The van der Waals surface area contributed by atoms with Gasteiger partial charge in [0.2, 0.25) is 0 Å². The summed E-state index contributed by atoms with van der Waals surface area (Å²) in [5, 5.41) is 18.5. The Balaban J connectivity index is 0.00000280. The van der Waals surface area contributed by atoms with Crippen LogP contribution in [0, 0.1) is 6.92 Å². The highest BCUT2D eigenvalue weighted by molar-refractivity contribution is 5.85. The van der Waals surface area contributed by atoms with E-state index in [4.69, 9.17) is 14.9 Å². The predicted octanol–water partition coefficient (Wildman–Crippen LogP) is 3.48. The topological polar surface area (TPSA) is 102 Å². The molecule has 3 aromatic rings. The molecule has 0 atom stereocenters. The van der Waals surface area contributed by atoms with Crippen LogP contribution in [0.2, 0.25) is 0 Å². The first-order valence-corrected chi connectivity index (χ1v) is 8.81. The first kappa shape index (κ1) is 21.9. The summed E-state index contributed by atoms with van der Waals surface area (Å²) in [6.45, 7) is 1.33. The quantitative estimate of drug-likeness (QED) is 0.531. The van der Waals surface area contributed by atoms with E-state index in [0.717, 1.165) is 28.3 Å². The number of rotatable bonds is 8. The minimum absolute atomic E-state index is 0. The fraction of sp³-hybridized carbons (Fsp3) is 0.286. The molecule has 2 aromatic carbocycles. The maximum atomic E-state index is 9.25. The van der Waals surface area contributed by atoms with Crippen LogP contribution in [-0.4, -0.2) is 33.9 Å². The number of aliphatic hydroxyl groups excluding tert-OH is 2. The van der Waals surface area contributed by atoms with Crippen LogP contribution >= 0.6 is 12.4 Å². The monoisotopic (exact) mass is 404 g/mol. The normalized spacial score (nSPS) is 11.1. The predicted molar refractivity (Wildman–Crippen MR) is 110 cm³/mol. The van der Waals surface area contributed by atoms with E-state index in [1.165, 1.54) is 0 Å². The van der Waals surface area contributed by atoms with Gasteiger partial charge in [-0.05, 0) is 54.8 Å². The molecule has 0 aliphatic rings. The first-order valence-electron chi connectivity index (χ1n) is 8.81. The zero-order valence-electron chi connectivity index (χ0n) is 15.7. The number of benzene rings is 2. The Bertz CT molecular complexity index is 859. The highest BCUT2D eigenvalue weighted by Gasteiger charge is 2.22. The van der Waals surface area contributed by atoms with Crippen LogP contribution in [-0.2, 0) is 6.42 Å². The van der Waals surface area contributed by atoms with Gasteiger partial charge in [-0.3, -0.25) is 0 Å². The van der Waals surface area contributed by atoms with Gasteiger partial charge >= 0.3 is 0 Å². The molecule has 0 aliphatic heterocycles. The summed E-state index contributed by atoms with van der Waals surface area (Å²) < 4.78 is 11.1. The number of halogens is 1. The number of hydrogen-bond acceptors (Lipinski definition) is 6. The van der Waals surface area contributed by atoms with Crippen molar-refractivity contribution in [1.82, 2.24) is 4.98 Å². The number of aryl methyl sites for hydroxylation is 2. The fourth-order valence-electron chi connectivity index (χ4n) is 2.65. The molecule has 0 aliphatic carbocycles. The number of aliphatic hydroxyl groups is 2. The molecule has 1 aromatic heterocycles. The van der Waals surface area contributed by atoms with Crippen LogP contribution in [0.15, 0.2) is 59.2 Å². The third-order valence-corrected chi connectivity index (χ3v) is 4.47. The summed E-state index contributed by atoms with van der Waals surface area (Å²) in [5.41, 5.74) is 7.78. The average Bonchev–Trinajstić information content (AvgIpc) is 3.14. The summed E-state index contributed by atoms with van der Waals surface area (Å²) in [7, 11) is 0. The maximum Gasteiger partial charge on any atom is 0.191 e. The molecule has 0 saturated carbocycles. The molecule has 0 saturated heterocycles. The second kappa shape index (κ2) is 9.71. The van der Waals surface area contributed by atoms with E-state index >= 15 is 0 Å². The van der Waals surface area contributed by atoms with Gasteiger partial charge in [-0.2, -0.15) is 0 Å². The second-order valence-electron chi connectivity index (χ2n) is 6.70. The lowest BCUT2D eigenvalue weighted by Gasteiger charge is -2.24. The first-order chi connectivity index (χ1) is 13.0. The summed E-state index contributed by atoms with van der Waals surface area (Å²) in [6.07, 6.45) is 2.81. The van der Waals surface area contributed by atoms with Gasteiger partial charge in [-0.25, -0.2) is 4.98 Å². The van der Waals surface area contributed by atoms with Crippen molar-refractivity contribution in [2.75, 3.05) is 13.2 Å². The standard InChI is InChI=1S/C21H24N2O4.ClH/c1-15-23-20(12-26-15)17-4-8-19(9-5-17)27-18-6-2-16(3-7-18)10-11-21(22,13-24)14-25;/h2-9,12,24-25H,10-11,13-14,22H2,1H3;1H. The Kier molecular flexibility index (Phi) is 7.60. The SMILES string of the molecule is Cc1nc(-c2ccc(Oc3ccc(CCC(N)(CO)CO)cc3)cc2)co1.Cl. The number of hydrogen-bond donors (Lipinski definition) is 3. The van der Waals surface area contributed by atoms with Gasteiger partial charge in [0.05, 0.1) is 18.8 Å².